The van der Waals surface area contributed by atoms with E-state index in [1.807, 2.05) is 4.72 Å². The van der Waals surface area contributed by atoms with Gasteiger partial charge < -0.3 is 5.11 Å². The first-order valence-corrected chi connectivity index (χ1v) is 5.90. The molecule has 0 fully saturated rings. The van der Waals surface area contributed by atoms with E-state index in [0.717, 1.165) is 0 Å². The molecule has 0 atom stereocenters. The average molecular weight is 261 g/mol. The van der Waals surface area contributed by atoms with Gasteiger partial charge in [0.1, 0.15) is 4.90 Å². The molecule has 0 spiro atoms. The van der Waals surface area contributed by atoms with Gasteiger partial charge in [0.2, 0.25) is 5.84 Å². The number of sulfonamides is 1. The number of carboxylic acid groups (broad SMARTS) is 1. The molecule has 16 heavy (non-hydrogen) atoms. The van der Waals surface area contributed by atoms with E-state index < -0.39 is 21.8 Å². The number of carbonyl (C=O) groups is 1. The number of benzene rings is 1. The van der Waals surface area contributed by atoms with Gasteiger partial charge in [0, 0.05) is 5.02 Å². The topological polar surface area (TPSA) is 95.8 Å². The zero-order valence-electron chi connectivity index (χ0n) is 7.64. The molecule has 1 aromatic rings. The first-order valence-electron chi connectivity index (χ1n) is 4.04. The smallest absolute Gasteiger partial charge is 0.372 e. The van der Waals surface area contributed by atoms with Gasteiger partial charge in [-0.3, -0.25) is 4.72 Å². The van der Waals surface area contributed by atoms with Crippen molar-refractivity contribution >= 4 is 39.1 Å². The second-order valence-corrected chi connectivity index (χ2v) is 5.07. The quantitative estimate of drug-likeness (QED) is 0.779. The lowest BCUT2D eigenvalue weighted by Gasteiger charge is -2.15. The van der Waals surface area contributed by atoms with Crippen molar-refractivity contribution < 1.29 is 18.3 Å². The fourth-order valence-electron chi connectivity index (χ4n) is 1.22. The van der Waals surface area contributed by atoms with Crippen LogP contribution in [0.25, 0.3) is 0 Å². The van der Waals surface area contributed by atoms with E-state index in [0.29, 0.717) is 0 Å². The fourth-order valence-corrected chi connectivity index (χ4v) is 2.51. The molecule has 0 bridgehead atoms. The SMILES string of the molecule is O=C(O)C1=Nc2cc(Cl)ccc2S(=O)(=O)N1. The highest BCUT2D eigenvalue weighted by Crippen LogP contribution is 2.30. The van der Waals surface area contributed by atoms with Gasteiger partial charge in [0.15, 0.2) is 0 Å². The van der Waals surface area contributed by atoms with Crippen LogP contribution in [-0.4, -0.2) is 25.3 Å². The van der Waals surface area contributed by atoms with Gasteiger partial charge in [0.25, 0.3) is 10.0 Å². The third-order valence-electron chi connectivity index (χ3n) is 1.88. The highest BCUT2D eigenvalue weighted by Gasteiger charge is 2.28. The van der Waals surface area contributed by atoms with Crippen LogP contribution in [0.3, 0.4) is 0 Å². The summed E-state index contributed by atoms with van der Waals surface area (Å²) in [6, 6.07) is 3.95. The Labute approximate surface area is 95.6 Å². The van der Waals surface area contributed by atoms with E-state index in [1.54, 1.807) is 0 Å². The maximum atomic E-state index is 11.6. The van der Waals surface area contributed by atoms with Crippen LogP contribution in [0.15, 0.2) is 28.1 Å². The maximum absolute atomic E-state index is 11.6. The number of nitrogens with zero attached hydrogens (tertiary/aromatic N) is 1. The standard InChI is InChI=1S/C8H5ClN2O4S/c9-4-1-2-6-5(3-4)10-7(8(12)13)11-16(6,14)15/h1-3H,(H,10,11)(H,12,13). The monoisotopic (exact) mass is 260 g/mol. The molecule has 0 aromatic heterocycles. The summed E-state index contributed by atoms with van der Waals surface area (Å²) >= 11 is 5.67. The van der Waals surface area contributed by atoms with Crippen molar-refractivity contribution in [1.82, 2.24) is 4.72 Å². The molecule has 8 heteroatoms. The van der Waals surface area contributed by atoms with Gasteiger partial charge >= 0.3 is 5.97 Å². The Morgan fingerprint density at radius 1 is 1.44 bits per heavy atom. The van der Waals surface area contributed by atoms with Gasteiger partial charge in [-0.1, -0.05) is 11.6 Å². The molecule has 1 aliphatic heterocycles. The average Bonchev–Trinajstić information content (AvgIpc) is 2.15. The van der Waals surface area contributed by atoms with E-state index >= 15 is 0 Å². The summed E-state index contributed by atoms with van der Waals surface area (Å²) in [4.78, 5) is 14.2. The summed E-state index contributed by atoms with van der Waals surface area (Å²) < 4.78 is 25.0. The van der Waals surface area contributed by atoms with E-state index in [4.69, 9.17) is 16.7 Å². The summed E-state index contributed by atoms with van der Waals surface area (Å²) in [5.74, 6) is -2.09. The number of amidine groups is 1. The lowest BCUT2D eigenvalue weighted by atomic mass is 10.3. The number of carboxylic acids is 1. The van der Waals surface area contributed by atoms with Crippen molar-refractivity contribution in [3.05, 3.63) is 23.2 Å². The Kier molecular flexibility index (Phi) is 2.36. The third kappa shape index (κ3) is 1.74. The van der Waals surface area contributed by atoms with Crippen LogP contribution in [0.2, 0.25) is 5.02 Å². The van der Waals surface area contributed by atoms with Crippen LogP contribution in [0.4, 0.5) is 5.69 Å². The van der Waals surface area contributed by atoms with Crippen molar-refractivity contribution in [2.75, 3.05) is 0 Å². The molecular formula is C8H5ClN2O4S. The van der Waals surface area contributed by atoms with E-state index in [1.165, 1.54) is 18.2 Å². The number of aliphatic imine (C=N–C) groups is 1. The number of hydrogen-bond donors (Lipinski definition) is 2. The molecule has 84 valence electrons. The first-order chi connectivity index (χ1) is 7.40. The highest BCUT2D eigenvalue weighted by molar-refractivity contribution is 7.90. The van der Waals surface area contributed by atoms with Crippen LogP contribution in [0.5, 0.6) is 0 Å². The molecule has 0 unspecified atom stereocenters. The van der Waals surface area contributed by atoms with Gasteiger partial charge in [-0.15, -0.1) is 0 Å². The zero-order chi connectivity index (χ0) is 11.9. The summed E-state index contributed by atoms with van der Waals surface area (Å²) in [7, 11) is -3.87. The minimum Gasteiger partial charge on any atom is -0.475 e. The molecule has 1 aliphatic rings. The normalized spacial score (nSPS) is 16.9. The minimum absolute atomic E-state index is 0.0173. The van der Waals surface area contributed by atoms with Gasteiger partial charge in [-0.25, -0.2) is 18.2 Å². The number of aliphatic carboxylic acids is 1. The third-order valence-corrected chi connectivity index (χ3v) is 3.50. The Morgan fingerprint density at radius 3 is 2.75 bits per heavy atom. The van der Waals surface area contributed by atoms with Gasteiger partial charge in [-0.05, 0) is 18.2 Å². The molecule has 6 nitrogen and oxygen atoms in total. The minimum atomic E-state index is -3.87. The molecule has 1 heterocycles. The fraction of sp³-hybridized carbons (Fsp3) is 0. The molecule has 0 saturated heterocycles. The number of rotatable bonds is 1. The second kappa shape index (κ2) is 3.46. The maximum Gasteiger partial charge on any atom is 0.372 e. The van der Waals surface area contributed by atoms with E-state index in [2.05, 4.69) is 4.99 Å². The van der Waals surface area contributed by atoms with Crippen LogP contribution < -0.4 is 4.72 Å². The van der Waals surface area contributed by atoms with Crippen molar-refractivity contribution in [3.63, 3.8) is 0 Å². The number of fused-ring (bicyclic) bond motifs is 1. The van der Waals surface area contributed by atoms with Crippen LogP contribution in [0, 0.1) is 0 Å². The summed E-state index contributed by atoms with van der Waals surface area (Å²) in [5.41, 5.74) is 0.0173. The first kappa shape index (κ1) is 10.9. The number of nitrogens with one attached hydrogen (secondary N) is 1. The number of hydrogen-bond acceptors (Lipinski definition) is 4. The van der Waals surface area contributed by atoms with Crippen LogP contribution in [0.1, 0.15) is 0 Å². The predicted octanol–water partition coefficient (Wildman–Crippen LogP) is 0.747. The Hall–Kier alpha value is -1.60. The predicted molar refractivity (Wildman–Crippen MR) is 56.5 cm³/mol. The highest BCUT2D eigenvalue weighted by atomic mass is 35.5. The Bertz CT molecular complexity index is 608. The molecule has 1 aromatic carbocycles. The van der Waals surface area contributed by atoms with Gasteiger partial charge in [0.05, 0.1) is 5.69 Å². The van der Waals surface area contributed by atoms with Crippen molar-refractivity contribution in [3.8, 4) is 0 Å². The summed E-state index contributed by atoms with van der Waals surface area (Å²) in [6.45, 7) is 0. The molecule has 0 saturated carbocycles. The molecule has 0 amide bonds. The molecule has 0 aliphatic carbocycles. The van der Waals surface area contributed by atoms with Crippen LogP contribution in [-0.2, 0) is 14.8 Å². The number of halogens is 1. The lowest BCUT2D eigenvalue weighted by Crippen LogP contribution is -2.38. The Morgan fingerprint density at radius 2 is 2.12 bits per heavy atom. The van der Waals surface area contributed by atoms with E-state index in [9.17, 15) is 13.2 Å². The van der Waals surface area contributed by atoms with Crippen LogP contribution >= 0.6 is 11.6 Å². The molecular weight excluding hydrogens is 256 g/mol. The molecule has 0 radical (unpaired) electrons. The largest absolute Gasteiger partial charge is 0.475 e. The second-order valence-electron chi connectivity index (χ2n) is 2.98. The molecule has 2 rings (SSSR count). The van der Waals surface area contributed by atoms with Crippen molar-refractivity contribution in [1.29, 1.82) is 0 Å². The van der Waals surface area contributed by atoms with Gasteiger partial charge in [-0.2, -0.15) is 0 Å². The van der Waals surface area contributed by atoms with Crippen molar-refractivity contribution in [2.45, 2.75) is 4.90 Å². The zero-order valence-corrected chi connectivity index (χ0v) is 9.21. The Balaban J connectivity index is 2.71. The lowest BCUT2D eigenvalue weighted by molar-refractivity contribution is -0.129. The molecule has 2 N–H and O–H groups in total. The van der Waals surface area contributed by atoms with Crippen molar-refractivity contribution in [2.24, 2.45) is 4.99 Å². The summed E-state index contributed by atoms with van der Waals surface area (Å²) in [6.07, 6.45) is 0. The van der Waals surface area contributed by atoms with E-state index in [-0.39, 0.29) is 15.6 Å². The summed E-state index contributed by atoms with van der Waals surface area (Å²) in [5, 5.41) is 8.96.